The normalized spacial score (nSPS) is 9.83. The lowest BCUT2D eigenvalue weighted by Gasteiger charge is -2.08. The number of nitrogens with zero attached hydrogens (tertiary/aromatic N) is 1. The molecule has 0 unspecified atom stereocenters. The summed E-state index contributed by atoms with van der Waals surface area (Å²) in [4.78, 5) is 23.5. The molecule has 0 saturated heterocycles. The number of halogens is 1. The molecule has 2 rings (SSSR count). The number of hydrogen-bond acceptors (Lipinski definition) is 3. The third-order valence-corrected chi connectivity index (χ3v) is 3.69. The summed E-state index contributed by atoms with van der Waals surface area (Å²) in [7, 11) is 0. The zero-order chi connectivity index (χ0) is 17.4. The highest BCUT2D eigenvalue weighted by molar-refractivity contribution is 9.10. The molecule has 2 amide bonds. The van der Waals surface area contributed by atoms with E-state index in [4.69, 9.17) is 5.26 Å². The summed E-state index contributed by atoms with van der Waals surface area (Å²) in [6.45, 7) is 0. The van der Waals surface area contributed by atoms with E-state index in [9.17, 15) is 9.59 Å². The highest BCUT2D eigenvalue weighted by Gasteiger charge is 2.06. The summed E-state index contributed by atoms with van der Waals surface area (Å²) in [5, 5.41) is 13.9. The Morgan fingerprint density at radius 3 is 2.33 bits per heavy atom. The van der Waals surface area contributed by atoms with Gasteiger partial charge in [0.1, 0.15) is 6.42 Å². The van der Waals surface area contributed by atoms with Crippen molar-refractivity contribution in [3.05, 3.63) is 58.6 Å². The first-order chi connectivity index (χ1) is 11.6. The van der Waals surface area contributed by atoms with Gasteiger partial charge in [-0.05, 0) is 42.3 Å². The molecule has 0 aromatic heterocycles. The van der Waals surface area contributed by atoms with Crippen molar-refractivity contribution in [1.29, 1.82) is 5.26 Å². The molecule has 2 aromatic rings. The molecule has 5 nitrogen and oxygen atoms in total. The van der Waals surface area contributed by atoms with Gasteiger partial charge in [0.2, 0.25) is 11.8 Å². The molecule has 0 radical (unpaired) electrons. The van der Waals surface area contributed by atoms with E-state index in [-0.39, 0.29) is 18.2 Å². The monoisotopic (exact) mass is 385 g/mol. The van der Waals surface area contributed by atoms with Gasteiger partial charge in [-0.3, -0.25) is 9.59 Å². The highest BCUT2D eigenvalue weighted by atomic mass is 79.9. The van der Waals surface area contributed by atoms with E-state index in [0.717, 1.165) is 10.0 Å². The second kappa shape index (κ2) is 8.85. The first kappa shape index (κ1) is 17.7. The molecule has 6 heteroatoms. The molecule has 2 N–H and O–H groups in total. The van der Waals surface area contributed by atoms with Crippen LogP contribution in [0.3, 0.4) is 0 Å². The Kier molecular flexibility index (Phi) is 6.52. The molecule has 0 spiro atoms. The van der Waals surface area contributed by atoms with Crippen LogP contribution in [0.5, 0.6) is 0 Å². The van der Waals surface area contributed by atoms with E-state index >= 15 is 0 Å². The molecule has 0 fully saturated rings. The molecule has 122 valence electrons. The van der Waals surface area contributed by atoms with Crippen molar-refractivity contribution in [1.82, 2.24) is 0 Å². The molecule has 0 bridgehead atoms. The van der Waals surface area contributed by atoms with Crippen molar-refractivity contribution in [2.45, 2.75) is 19.3 Å². The Balaban J connectivity index is 1.89. The lowest BCUT2D eigenvalue weighted by Crippen LogP contribution is -2.13. The second-order valence-electron chi connectivity index (χ2n) is 5.14. The van der Waals surface area contributed by atoms with Crippen molar-refractivity contribution in [2.75, 3.05) is 10.6 Å². The van der Waals surface area contributed by atoms with Gasteiger partial charge < -0.3 is 10.6 Å². The predicted molar refractivity (Wildman–Crippen MR) is 96.4 cm³/mol. The third-order valence-electron chi connectivity index (χ3n) is 3.20. The molecule has 0 aliphatic rings. The van der Waals surface area contributed by atoms with Crippen LogP contribution >= 0.6 is 15.9 Å². The maximum atomic E-state index is 12.1. The fraction of sp³-hybridized carbons (Fsp3) is 0.167. The van der Waals surface area contributed by atoms with Crippen molar-refractivity contribution in [3.8, 4) is 6.07 Å². The van der Waals surface area contributed by atoms with E-state index in [1.807, 2.05) is 24.3 Å². The minimum Gasteiger partial charge on any atom is -0.326 e. The minimum absolute atomic E-state index is 0.101. The maximum absolute atomic E-state index is 12.1. The van der Waals surface area contributed by atoms with E-state index < -0.39 is 0 Å². The zero-order valence-electron chi connectivity index (χ0n) is 12.9. The van der Waals surface area contributed by atoms with Crippen LogP contribution in [-0.4, -0.2) is 11.8 Å². The van der Waals surface area contributed by atoms with Crippen LogP contribution < -0.4 is 10.6 Å². The number of carbonyl (C=O) groups is 2. The smallest absolute Gasteiger partial charge is 0.238 e. The van der Waals surface area contributed by atoms with Gasteiger partial charge in [-0.2, -0.15) is 5.26 Å². The summed E-state index contributed by atoms with van der Waals surface area (Å²) < 4.78 is 0.987. The maximum Gasteiger partial charge on any atom is 0.238 e. The number of carbonyl (C=O) groups excluding carboxylic acids is 2. The van der Waals surface area contributed by atoms with Crippen LogP contribution in [0.2, 0.25) is 0 Å². The van der Waals surface area contributed by atoms with Crippen LogP contribution in [0.25, 0.3) is 0 Å². The van der Waals surface area contributed by atoms with Crippen molar-refractivity contribution < 1.29 is 9.59 Å². The topological polar surface area (TPSA) is 82.0 Å². The first-order valence-electron chi connectivity index (χ1n) is 7.38. The molecule has 0 heterocycles. The number of nitrogens with one attached hydrogen (secondary N) is 2. The van der Waals surface area contributed by atoms with E-state index in [1.54, 1.807) is 30.3 Å². The Morgan fingerprint density at radius 1 is 1.00 bits per heavy atom. The number of amides is 2. The molecule has 2 aromatic carbocycles. The van der Waals surface area contributed by atoms with Gasteiger partial charge in [-0.15, -0.1) is 0 Å². The molecule has 24 heavy (non-hydrogen) atoms. The van der Waals surface area contributed by atoms with Gasteiger partial charge in [0.15, 0.2) is 0 Å². The second-order valence-corrected chi connectivity index (χ2v) is 6.06. The standard InChI is InChI=1S/C18H16BrN3O2/c19-14-4-1-3-13(11-14)7-8-17(23)21-15-5-2-6-16(12-15)22-18(24)9-10-20/h1-6,11-12H,7-9H2,(H,21,23)(H,22,24). The summed E-state index contributed by atoms with van der Waals surface area (Å²) in [5.74, 6) is -0.480. The van der Waals surface area contributed by atoms with E-state index in [1.165, 1.54) is 0 Å². The Labute approximate surface area is 148 Å². The molecular formula is C18H16BrN3O2. The molecule has 0 aliphatic carbocycles. The van der Waals surface area contributed by atoms with Gasteiger partial charge in [0.25, 0.3) is 0 Å². The predicted octanol–water partition coefficient (Wildman–Crippen LogP) is 3.87. The largest absolute Gasteiger partial charge is 0.326 e. The molecule has 0 atom stereocenters. The fourth-order valence-electron chi connectivity index (χ4n) is 2.13. The number of anilines is 2. The lowest BCUT2D eigenvalue weighted by atomic mass is 10.1. The summed E-state index contributed by atoms with van der Waals surface area (Å²) in [6.07, 6.45) is 0.800. The number of aryl methyl sites for hydroxylation is 1. The van der Waals surface area contributed by atoms with E-state index in [2.05, 4.69) is 26.6 Å². The number of nitriles is 1. The summed E-state index contributed by atoms with van der Waals surface area (Å²) >= 11 is 3.41. The minimum atomic E-state index is -0.379. The zero-order valence-corrected chi connectivity index (χ0v) is 14.5. The Hall–Kier alpha value is -2.65. The number of hydrogen-bond donors (Lipinski definition) is 2. The summed E-state index contributed by atoms with van der Waals surface area (Å²) in [6, 6.07) is 16.5. The fourth-order valence-corrected chi connectivity index (χ4v) is 2.57. The average Bonchev–Trinajstić information content (AvgIpc) is 2.53. The molecule has 0 aliphatic heterocycles. The lowest BCUT2D eigenvalue weighted by molar-refractivity contribution is -0.116. The van der Waals surface area contributed by atoms with Crippen molar-refractivity contribution in [3.63, 3.8) is 0 Å². The van der Waals surface area contributed by atoms with E-state index in [0.29, 0.717) is 24.2 Å². The van der Waals surface area contributed by atoms with Crippen LogP contribution in [0.1, 0.15) is 18.4 Å². The molecule has 0 saturated carbocycles. The summed E-state index contributed by atoms with van der Waals surface area (Å²) in [5.41, 5.74) is 2.22. The van der Waals surface area contributed by atoms with Crippen LogP contribution in [0, 0.1) is 11.3 Å². The highest BCUT2D eigenvalue weighted by Crippen LogP contribution is 2.17. The van der Waals surface area contributed by atoms with Gasteiger partial charge >= 0.3 is 0 Å². The number of benzene rings is 2. The van der Waals surface area contributed by atoms with Crippen molar-refractivity contribution in [2.24, 2.45) is 0 Å². The van der Waals surface area contributed by atoms with Gasteiger partial charge in [-0.1, -0.05) is 34.1 Å². The van der Waals surface area contributed by atoms with Crippen LogP contribution in [0.15, 0.2) is 53.0 Å². The average molecular weight is 386 g/mol. The third kappa shape index (κ3) is 5.86. The van der Waals surface area contributed by atoms with Crippen LogP contribution in [0.4, 0.5) is 11.4 Å². The first-order valence-corrected chi connectivity index (χ1v) is 8.17. The van der Waals surface area contributed by atoms with Crippen molar-refractivity contribution >= 4 is 39.1 Å². The van der Waals surface area contributed by atoms with Gasteiger partial charge in [0, 0.05) is 22.3 Å². The quantitative estimate of drug-likeness (QED) is 0.791. The molecular weight excluding hydrogens is 370 g/mol. The van der Waals surface area contributed by atoms with Crippen LogP contribution in [-0.2, 0) is 16.0 Å². The number of rotatable bonds is 6. The SMILES string of the molecule is N#CCC(=O)Nc1cccc(NC(=O)CCc2cccc(Br)c2)c1. The van der Waals surface area contributed by atoms with Gasteiger partial charge in [0.05, 0.1) is 6.07 Å². The van der Waals surface area contributed by atoms with Gasteiger partial charge in [-0.25, -0.2) is 0 Å². The Bertz CT molecular complexity index is 784. The Morgan fingerprint density at radius 2 is 1.67 bits per heavy atom.